The van der Waals surface area contributed by atoms with Crippen molar-refractivity contribution in [2.75, 3.05) is 6.61 Å². The molecule has 1 saturated heterocycles. The number of hydrogen-bond acceptors (Lipinski definition) is 7. The third-order valence-electron chi connectivity index (χ3n) is 2.64. The first-order valence-corrected chi connectivity index (χ1v) is 4.98. The second-order valence-corrected chi connectivity index (χ2v) is 3.75. The maximum absolute atomic E-state index is 11.4. The number of nitrogens with one attached hydrogen (secondary N) is 1. The van der Waals surface area contributed by atoms with Crippen LogP contribution in [-0.4, -0.2) is 49.8 Å². The van der Waals surface area contributed by atoms with Crippen molar-refractivity contribution in [1.29, 1.82) is 0 Å². The lowest BCUT2D eigenvalue weighted by Gasteiger charge is -2.16. The highest BCUT2D eigenvalue weighted by molar-refractivity contribution is 4.92. The van der Waals surface area contributed by atoms with Crippen molar-refractivity contribution in [1.82, 2.24) is 15.7 Å². The minimum atomic E-state index is -1.35. The first-order valence-electron chi connectivity index (χ1n) is 4.98. The van der Waals surface area contributed by atoms with Crippen LogP contribution < -0.4 is 17.4 Å². The minimum absolute atomic E-state index is 0. The van der Waals surface area contributed by atoms with E-state index in [4.69, 9.17) is 9.84 Å². The Balaban J connectivity index is 0.00000162. The molecule has 0 amide bonds. The van der Waals surface area contributed by atoms with Gasteiger partial charge in [0, 0.05) is 12.3 Å². The Bertz CT molecular complexity index is 512. The minimum Gasteiger partial charge on any atom is -0.394 e. The van der Waals surface area contributed by atoms with E-state index in [1.807, 2.05) is 4.98 Å². The third-order valence-corrected chi connectivity index (χ3v) is 2.64. The second kappa shape index (κ2) is 5.42. The van der Waals surface area contributed by atoms with Crippen LogP contribution in [0.2, 0.25) is 0 Å². The molecule has 1 aliphatic heterocycles. The number of ether oxygens (including phenoxy) is 1. The highest BCUT2D eigenvalue weighted by atomic mass is 16.6. The van der Waals surface area contributed by atoms with E-state index >= 15 is 0 Å². The lowest BCUT2D eigenvalue weighted by molar-refractivity contribution is -0.0550. The van der Waals surface area contributed by atoms with E-state index in [1.165, 1.54) is 0 Å². The number of aromatic nitrogens is 2. The summed E-state index contributed by atoms with van der Waals surface area (Å²) in [6.45, 7) is -0.479. The summed E-state index contributed by atoms with van der Waals surface area (Å²) in [4.78, 5) is 24.3. The van der Waals surface area contributed by atoms with Crippen LogP contribution >= 0.6 is 0 Å². The molecule has 0 aromatic carbocycles. The van der Waals surface area contributed by atoms with Gasteiger partial charge in [-0.15, -0.1) is 0 Å². The van der Waals surface area contributed by atoms with Crippen LogP contribution in [0.15, 0.2) is 21.9 Å². The van der Waals surface area contributed by atoms with Gasteiger partial charge in [0.15, 0.2) is 6.23 Å². The third kappa shape index (κ3) is 2.35. The molecule has 9 heteroatoms. The van der Waals surface area contributed by atoms with Crippen molar-refractivity contribution < 1.29 is 20.1 Å². The Morgan fingerprint density at radius 1 is 1.33 bits per heavy atom. The van der Waals surface area contributed by atoms with Gasteiger partial charge in [-0.3, -0.25) is 14.3 Å². The lowest BCUT2D eigenvalue weighted by Crippen LogP contribution is -2.37. The molecule has 0 radical (unpaired) electrons. The highest BCUT2D eigenvalue weighted by Gasteiger charge is 2.43. The molecule has 4 atom stereocenters. The molecule has 9 nitrogen and oxygen atoms in total. The summed E-state index contributed by atoms with van der Waals surface area (Å²) < 4.78 is 6.08. The first kappa shape index (κ1) is 14.5. The zero-order valence-corrected chi connectivity index (χ0v) is 9.39. The van der Waals surface area contributed by atoms with Crippen molar-refractivity contribution in [2.24, 2.45) is 0 Å². The van der Waals surface area contributed by atoms with Crippen LogP contribution in [0.5, 0.6) is 0 Å². The van der Waals surface area contributed by atoms with E-state index in [-0.39, 0.29) is 6.15 Å². The molecule has 1 fully saturated rings. The number of nitrogens with zero attached hydrogens (tertiary/aromatic N) is 1. The van der Waals surface area contributed by atoms with Gasteiger partial charge in [0.05, 0.1) is 6.61 Å². The standard InChI is InChI=1S/C9H12N2O6.H3N/c12-3-4-6(14)7(15)8(17-4)11-2-1-5(13)10-9(11)16;/h1-2,4,6-8,12,14-15H,3H2,(H,10,13,16);1H3/t4-,6-,7-,8-;/m1./s1. The summed E-state index contributed by atoms with van der Waals surface area (Å²) in [5.74, 6) is 0. The topological polar surface area (TPSA) is 160 Å². The molecule has 2 heterocycles. The zero-order valence-electron chi connectivity index (χ0n) is 9.39. The Labute approximate surface area is 101 Å². The number of rotatable bonds is 2. The first-order chi connectivity index (χ1) is 8.04. The Morgan fingerprint density at radius 3 is 2.50 bits per heavy atom. The molecule has 0 saturated carbocycles. The largest absolute Gasteiger partial charge is 0.394 e. The highest BCUT2D eigenvalue weighted by Crippen LogP contribution is 2.27. The average molecular weight is 261 g/mol. The fourth-order valence-corrected chi connectivity index (χ4v) is 1.74. The molecular formula is C9H15N3O6. The molecule has 102 valence electrons. The fraction of sp³-hybridized carbons (Fsp3) is 0.556. The second-order valence-electron chi connectivity index (χ2n) is 3.75. The summed E-state index contributed by atoms with van der Waals surface area (Å²) in [6, 6.07) is 1.09. The number of H-pyrrole nitrogens is 1. The predicted octanol–water partition coefficient (Wildman–Crippen LogP) is -2.69. The van der Waals surface area contributed by atoms with Crippen molar-refractivity contribution in [3.05, 3.63) is 33.1 Å². The van der Waals surface area contributed by atoms with Crippen LogP contribution in [0.25, 0.3) is 0 Å². The van der Waals surface area contributed by atoms with E-state index < -0.39 is 42.4 Å². The summed E-state index contributed by atoms with van der Waals surface area (Å²) in [5, 5.41) is 28.1. The maximum atomic E-state index is 11.4. The van der Waals surface area contributed by atoms with Crippen molar-refractivity contribution in [2.45, 2.75) is 24.5 Å². The number of aliphatic hydroxyl groups excluding tert-OH is 3. The van der Waals surface area contributed by atoms with Gasteiger partial charge in [-0.2, -0.15) is 0 Å². The van der Waals surface area contributed by atoms with Crippen LogP contribution in [0.3, 0.4) is 0 Å². The van der Waals surface area contributed by atoms with Gasteiger partial charge in [0.25, 0.3) is 5.56 Å². The summed E-state index contributed by atoms with van der Waals surface area (Å²) in [6.07, 6.45) is -3.58. The van der Waals surface area contributed by atoms with E-state index in [9.17, 15) is 19.8 Å². The summed E-state index contributed by atoms with van der Waals surface area (Å²) in [5.41, 5.74) is -1.33. The van der Waals surface area contributed by atoms with Gasteiger partial charge in [-0.1, -0.05) is 0 Å². The quantitative estimate of drug-likeness (QED) is 0.387. The molecule has 7 N–H and O–H groups in total. The number of hydrogen-bond donors (Lipinski definition) is 5. The maximum Gasteiger partial charge on any atom is 0.330 e. The van der Waals surface area contributed by atoms with Gasteiger partial charge >= 0.3 is 5.69 Å². The fourth-order valence-electron chi connectivity index (χ4n) is 1.74. The molecule has 1 aliphatic rings. The van der Waals surface area contributed by atoms with Gasteiger partial charge in [-0.25, -0.2) is 4.79 Å². The van der Waals surface area contributed by atoms with Crippen LogP contribution in [0.4, 0.5) is 0 Å². The molecule has 1 aromatic rings. The summed E-state index contributed by atoms with van der Waals surface area (Å²) in [7, 11) is 0. The average Bonchev–Trinajstić information content (AvgIpc) is 2.57. The van der Waals surface area contributed by atoms with Gasteiger partial charge in [0.2, 0.25) is 0 Å². The lowest BCUT2D eigenvalue weighted by atomic mass is 10.1. The molecule has 2 rings (SSSR count). The molecule has 18 heavy (non-hydrogen) atoms. The Kier molecular flexibility index (Phi) is 4.38. The van der Waals surface area contributed by atoms with E-state index in [0.717, 1.165) is 16.8 Å². The van der Waals surface area contributed by atoms with Gasteiger partial charge in [-0.05, 0) is 0 Å². The van der Waals surface area contributed by atoms with Gasteiger partial charge in [0.1, 0.15) is 18.3 Å². The SMILES string of the molecule is N.O=c1ccn([C@@H]2O[C@H](CO)[C@@H](O)[C@H]2O)c(=O)[nH]1. The van der Waals surface area contributed by atoms with Crippen molar-refractivity contribution in [3.8, 4) is 0 Å². The summed E-state index contributed by atoms with van der Waals surface area (Å²) >= 11 is 0. The normalized spacial score (nSPS) is 31.1. The van der Waals surface area contributed by atoms with Crippen LogP contribution in [0.1, 0.15) is 6.23 Å². The van der Waals surface area contributed by atoms with E-state index in [2.05, 4.69) is 0 Å². The Morgan fingerprint density at radius 2 is 2.00 bits per heavy atom. The van der Waals surface area contributed by atoms with Gasteiger partial charge < -0.3 is 26.2 Å². The molecule has 0 spiro atoms. The molecule has 0 bridgehead atoms. The molecule has 1 aromatic heterocycles. The van der Waals surface area contributed by atoms with E-state index in [0.29, 0.717) is 0 Å². The monoisotopic (exact) mass is 261 g/mol. The number of aliphatic hydroxyl groups is 3. The predicted molar refractivity (Wildman–Crippen MR) is 59.4 cm³/mol. The van der Waals surface area contributed by atoms with E-state index in [1.54, 1.807) is 0 Å². The molecular weight excluding hydrogens is 246 g/mol. The smallest absolute Gasteiger partial charge is 0.330 e. The van der Waals surface area contributed by atoms with Crippen LogP contribution in [0, 0.1) is 0 Å². The van der Waals surface area contributed by atoms with Crippen molar-refractivity contribution >= 4 is 0 Å². The Hall–Kier alpha value is -1.52. The molecule has 0 unspecified atom stereocenters. The van der Waals surface area contributed by atoms with Crippen molar-refractivity contribution in [3.63, 3.8) is 0 Å². The number of aromatic amines is 1. The van der Waals surface area contributed by atoms with Crippen LogP contribution in [-0.2, 0) is 4.74 Å². The zero-order chi connectivity index (χ0) is 12.6. The molecule has 0 aliphatic carbocycles.